The topological polar surface area (TPSA) is 48.4 Å². The zero-order valence-corrected chi connectivity index (χ0v) is 9.93. The van der Waals surface area contributed by atoms with Gasteiger partial charge in [0.25, 0.3) is 0 Å². The Labute approximate surface area is 101 Å². The summed E-state index contributed by atoms with van der Waals surface area (Å²) in [7, 11) is 0. The molecule has 1 unspecified atom stereocenters. The SMILES string of the molecule is Cc1cccc(OCCC(N)c2ccco2)c1. The van der Waals surface area contributed by atoms with Crippen LogP contribution in [0.15, 0.2) is 47.1 Å². The van der Waals surface area contributed by atoms with Gasteiger partial charge in [-0.05, 0) is 36.8 Å². The van der Waals surface area contributed by atoms with E-state index < -0.39 is 0 Å². The Kier molecular flexibility index (Phi) is 3.83. The first-order chi connectivity index (χ1) is 8.25. The van der Waals surface area contributed by atoms with E-state index >= 15 is 0 Å². The summed E-state index contributed by atoms with van der Waals surface area (Å²) in [4.78, 5) is 0. The minimum absolute atomic E-state index is 0.102. The van der Waals surface area contributed by atoms with Crippen molar-refractivity contribution in [3.8, 4) is 5.75 Å². The molecule has 0 aliphatic heterocycles. The molecule has 0 saturated carbocycles. The fraction of sp³-hybridized carbons (Fsp3) is 0.286. The van der Waals surface area contributed by atoms with Crippen molar-refractivity contribution in [1.29, 1.82) is 0 Å². The Morgan fingerprint density at radius 3 is 2.88 bits per heavy atom. The summed E-state index contributed by atoms with van der Waals surface area (Å²) in [5.74, 6) is 1.69. The summed E-state index contributed by atoms with van der Waals surface area (Å²) in [6.45, 7) is 2.63. The van der Waals surface area contributed by atoms with Crippen molar-refractivity contribution in [3.05, 3.63) is 54.0 Å². The lowest BCUT2D eigenvalue weighted by molar-refractivity contribution is 0.289. The van der Waals surface area contributed by atoms with Crippen LogP contribution in [0.5, 0.6) is 5.75 Å². The molecule has 0 saturated heterocycles. The van der Waals surface area contributed by atoms with Crippen LogP contribution in [0.4, 0.5) is 0 Å². The zero-order valence-electron chi connectivity index (χ0n) is 9.93. The Morgan fingerprint density at radius 1 is 1.29 bits per heavy atom. The Balaban J connectivity index is 1.80. The van der Waals surface area contributed by atoms with Gasteiger partial charge in [-0.2, -0.15) is 0 Å². The van der Waals surface area contributed by atoms with Crippen molar-refractivity contribution < 1.29 is 9.15 Å². The van der Waals surface area contributed by atoms with Gasteiger partial charge < -0.3 is 14.9 Å². The van der Waals surface area contributed by atoms with E-state index in [1.807, 2.05) is 43.3 Å². The lowest BCUT2D eigenvalue weighted by Crippen LogP contribution is -2.13. The van der Waals surface area contributed by atoms with Gasteiger partial charge in [0.1, 0.15) is 11.5 Å². The number of benzene rings is 1. The molecule has 1 atom stereocenters. The number of hydrogen-bond acceptors (Lipinski definition) is 3. The molecule has 3 nitrogen and oxygen atoms in total. The minimum Gasteiger partial charge on any atom is -0.494 e. The van der Waals surface area contributed by atoms with Crippen molar-refractivity contribution in [2.24, 2.45) is 5.73 Å². The molecule has 0 aliphatic carbocycles. The third-order valence-corrected chi connectivity index (χ3v) is 2.60. The van der Waals surface area contributed by atoms with E-state index in [1.165, 1.54) is 5.56 Å². The zero-order chi connectivity index (χ0) is 12.1. The molecular weight excluding hydrogens is 214 g/mol. The first kappa shape index (κ1) is 11.7. The van der Waals surface area contributed by atoms with E-state index in [0.29, 0.717) is 6.61 Å². The normalized spacial score (nSPS) is 12.4. The van der Waals surface area contributed by atoms with Gasteiger partial charge in [-0.1, -0.05) is 12.1 Å². The summed E-state index contributed by atoms with van der Waals surface area (Å²) >= 11 is 0. The predicted octanol–water partition coefficient (Wildman–Crippen LogP) is 3.06. The Hall–Kier alpha value is -1.74. The number of aryl methyl sites for hydroxylation is 1. The Bertz CT molecular complexity index is 451. The van der Waals surface area contributed by atoms with Gasteiger partial charge in [-0.3, -0.25) is 0 Å². The average molecular weight is 231 g/mol. The monoisotopic (exact) mass is 231 g/mol. The molecule has 1 aromatic heterocycles. The minimum atomic E-state index is -0.102. The molecule has 0 aliphatic rings. The fourth-order valence-electron chi connectivity index (χ4n) is 1.65. The molecule has 2 aromatic rings. The number of nitrogens with two attached hydrogens (primary N) is 1. The van der Waals surface area contributed by atoms with Gasteiger partial charge in [-0.15, -0.1) is 0 Å². The first-order valence-electron chi connectivity index (χ1n) is 5.74. The Morgan fingerprint density at radius 2 is 2.18 bits per heavy atom. The maximum Gasteiger partial charge on any atom is 0.120 e. The predicted molar refractivity (Wildman–Crippen MR) is 66.9 cm³/mol. The summed E-state index contributed by atoms with van der Waals surface area (Å²) < 4.78 is 10.9. The van der Waals surface area contributed by atoms with Crippen LogP contribution < -0.4 is 10.5 Å². The standard InChI is InChI=1S/C14H17NO2/c1-11-4-2-5-12(10-11)16-9-7-13(15)14-6-3-8-17-14/h2-6,8,10,13H,7,9,15H2,1H3. The largest absolute Gasteiger partial charge is 0.494 e. The van der Waals surface area contributed by atoms with Crippen LogP contribution in [0.25, 0.3) is 0 Å². The summed E-state index contributed by atoms with van der Waals surface area (Å²) in [6, 6.07) is 11.6. The summed E-state index contributed by atoms with van der Waals surface area (Å²) in [5.41, 5.74) is 7.15. The van der Waals surface area contributed by atoms with Crippen molar-refractivity contribution in [3.63, 3.8) is 0 Å². The lowest BCUT2D eigenvalue weighted by atomic mass is 10.2. The second-order valence-electron chi connectivity index (χ2n) is 4.08. The molecule has 0 bridgehead atoms. The van der Waals surface area contributed by atoms with Crippen LogP contribution in [0.1, 0.15) is 23.8 Å². The van der Waals surface area contributed by atoms with Crippen LogP contribution in [0.2, 0.25) is 0 Å². The van der Waals surface area contributed by atoms with E-state index in [9.17, 15) is 0 Å². The smallest absolute Gasteiger partial charge is 0.120 e. The van der Waals surface area contributed by atoms with Gasteiger partial charge in [-0.25, -0.2) is 0 Å². The molecule has 1 aromatic carbocycles. The second kappa shape index (κ2) is 5.55. The van der Waals surface area contributed by atoms with E-state index in [1.54, 1.807) is 6.26 Å². The van der Waals surface area contributed by atoms with E-state index in [-0.39, 0.29) is 6.04 Å². The molecule has 2 N–H and O–H groups in total. The van der Waals surface area contributed by atoms with Crippen LogP contribution in [-0.4, -0.2) is 6.61 Å². The number of rotatable bonds is 5. The van der Waals surface area contributed by atoms with Crippen LogP contribution in [0, 0.1) is 6.92 Å². The third kappa shape index (κ3) is 3.36. The summed E-state index contributed by atoms with van der Waals surface area (Å²) in [5, 5.41) is 0. The van der Waals surface area contributed by atoms with Crippen molar-refractivity contribution in [2.75, 3.05) is 6.61 Å². The third-order valence-electron chi connectivity index (χ3n) is 2.60. The molecule has 90 valence electrons. The molecular formula is C14H17NO2. The van der Waals surface area contributed by atoms with Gasteiger partial charge in [0.15, 0.2) is 0 Å². The van der Waals surface area contributed by atoms with E-state index in [0.717, 1.165) is 17.9 Å². The summed E-state index contributed by atoms with van der Waals surface area (Å²) in [6.07, 6.45) is 2.37. The quantitative estimate of drug-likeness (QED) is 0.860. The highest BCUT2D eigenvalue weighted by molar-refractivity contribution is 5.27. The van der Waals surface area contributed by atoms with Crippen LogP contribution in [-0.2, 0) is 0 Å². The molecule has 0 spiro atoms. The molecule has 1 heterocycles. The van der Waals surface area contributed by atoms with Crippen LogP contribution in [0.3, 0.4) is 0 Å². The van der Waals surface area contributed by atoms with Crippen LogP contribution >= 0.6 is 0 Å². The molecule has 0 fully saturated rings. The number of hydrogen-bond donors (Lipinski definition) is 1. The van der Waals surface area contributed by atoms with Crippen molar-refractivity contribution >= 4 is 0 Å². The average Bonchev–Trinajstić information content (AvgIpc) is 2.82. The number of ether oxygens (including phenoxy) is 1. The first-order valence-corrected chi connectivity index (χ1v) is 5.74. The fourth-order valence-corrected chi connectivity index (χ4v) is 1.65. The molecule has 3 heteroatoms. The van der Waals surface area contributed by atoms with E-state index in [2.05, 4.69) is 0 Å². The van der Waals surface area contributed by atoms with Gasteiger partial charge in [0.05, 0.1) is 18.9 Å². The van der Waals surface area contributed by atoms with Crippen molar-refractivity contribution in [1.82, 2.24) is 0 Å². The van der Waals surface area contributed by atoms with Gasteiger partial charge in [0.2, 0.25) is 0 Å². The molecule has 2 rings (SSSR count). The molecule has 0 radical (unpaired) electrons. The highest BCUT2D eigenvalue weighted by Crippen LogP contribution is 2.16. The molecule has 0 amide bonds. The lowest BCUT2D eigenvalue weighted by Gasteiger charge is -2.10. The highest BCUT2D eigenvalue weighted by atomic mass is 16.5. The molecule has 17 heavy (non-hydrogen) atoms. The van der Waals surface area contributed by atoms with Crippen molar-refractivity contribution in [2.45, 2.75) is 19.4 Å². The number of furan rings is 1. The maximum absolute atomic E-state index is 5.96. The van der Waals surface area contributed by atoms with Gasteiger partial charge >= 0.3 is 0 Å². The second-order valence-corrected chi connectivity index (χ2v) is 4.08. The maximum atomic E-state index is 5.96. The van der Waals surface area contributed by atoms with E-state index in [4.69, 9.17) is 14.9 Å². The highest BCUT2D eigenvalue weighted by Gasteiger charge is 2.08. The van der Waals surface area contributed by atoms with Gasteiger partial charge in [0, 0.05) is 6.42 Å².